The summed E-state index contributed by atoms with van der Waals surface area (Å²) < 4.78 is 0. The van der Waals surface area contributed by atoms with Crippen LogP contribution in [0.15, 0.2) is 18.3 Å². The number of aliphatic carboxylic acids is 1. The predicted octanol–water partition coefficient (Wildman–Crippen LogP) is 0.555. The Morgan fingerprint density at radius 1 is 1.42 bits per heavy atom. The van der Waals surface area contributed by atoms with Crippen LogP contribution >= 0.6 is 0 Å². The summed E-state index contributed by atoms with van der Waals surface area (Å²) in [6.45, 7) is 2.45. The number of amides is 2. The molecule has 1 rings (SSSR count). The van der Waals surface area contributed by atoms with Crippen LogP contribution < -0.4 is 5.32 Å². The topological polar surface area (TPSA) is 103 Å². The van der Waals surface area contributed by atoms with E-state index in [1.54, 1.807) is 12.1 Å². The lowest BCUT2D eigenvalue weighted by Crippen LogP contribution is -2.36. The molecule has 0 aliphatic carbocycles. The number of anilines is 1. The Kier molecular flexibility index (Phi) is 5.74. The minimum absolute atomic E-state index is 0.100. The molecule has 0 saturated carbocycles. The molecule has 1 heterocycles. The van der Waals surface area contributed by atoms with Crippen molar-refractivity contribution in [2.75, 3.05) is 25.0 Å². The maximum atomic E-state index is 11.8. The number of likely N-dealkylation sites (N-methyl/N-ethyl adjacent to an activating group) is 1. The zero-order chi connectivity index (χ0) is 14.3. The number of aromatic nitrogens is 1. The van der Waals surface area contributed by atoms with E-state index >= 15 is 0 Å². The number of urea groups is 1. The molecule has 0 radical (unpaired) electrons. The molecule has 0 spiro atoms. The molecule has 2 amide bonds. The number of aliphatic hydroxyl groups is 1. The number of rotatable bonds is 6. The van der Waals surface area contributed by atoms with Crippen LogP contribution in [0.3, 0.4) is 0 Å². The quantitative estimate of drug-likeness (QED) is 0.698. The first-order valence-electron chi connectivity index (χ1n) is 5.90. The van der Waals surface area contributed by atoms with Gasteiger partial charge in [-0.05, 0) is 19.1 Å². The molecule has 19 heavy (non-hydrogen) atoms. The van der Waals surface area contributed by atoms with Crippen LogP contribution in [0.25, 0.3) is 0 Å². The fourth-order valence-electron chi connectivity index (χ4n) is 1.48. The highest BCUT2D eigenvalue weighted by Gasteiger charge is 2.11. The fraction of sp³-hybridized carbons (Fsp3) is 0.417. The number of carboxylic acids is 1. The van der Waals surface area contributed by atoms with E-state index in [0.29, 0.717) is 17.9 Å². The largest absolute Gasteiger partial charge is 0.481 e. The molecule has 0 atom stereocenters. The highest BCUT2D eigenvalue weighted by molar-refractivity contribution is 5.89. The van der Waals surface area contributed by atoms with E-state index in [-0.39, 0.29) is 25.6 Å². The van der Waals surface area contributed by atoms with Crippen LogP contribution in [-0.2, 0) is 11.2 Å². The van der Waals surface area contributed by atoms with Crippen molar-refractivity contribution in [3.05, 3.63) is 24.0 Å². The average Bonchev–Trinajstić information content (AvgIpc) is 2.37. The van der Waals surface area contributed by atoms with Gasteiger partial charge in [0.1, 0.15) is 0 Å². The van der Waals surface area contributed by atoms with Crippen molar-refractivity contribution in [1.82, 2.24) is 9.88 Å². The Morgan fingerprint density at radius 3 is 2.63 bits per heavy atom. The van der Waals surface area contributed by atoms with Crippen LogP contribution in [0.5, 0.6) is 0 Å². The average molecular weight is 267 g/mol. The summed E-state index contributed by atoms with van der Waals surface area (Å²) >= 11 is 0. The van der Waals surface area contributed by atoms with Gasteiger partial charge in [0.05, 0.1) is 30.6 Å². The molecule has 7 nitrogen and oxygen atoms in total. The first-order valence-corrected chi connectivity index (χ1v) is 5.90. The monoisotopic (exact) mass is 267 g/mol. The molecule has 0 aliphatic heterocycles. The van der Waals surface area contributed by atoms with Gasteiger partial charge in [-0.2, -0.15) is 0 Å². The molecular formula is C12H17N3O4. The molecule has 0 saturated heterocycles. The van der Waals surface area contributed by atoms with Gasteiger partial charge in [-0.15, -0.1) is 0 Å². The number of carbonyl (C=O) groups is 2. The first kappa shape index (κ1) is 14.9. The third-order valence-electron chi connectivity index (χ3n) is 2.45. The van der Waals surface area contributed by atoms with Crippen molar-refractivity contribution in [2.45, 2.75) is 13.3 Å². The number of pyridine rings is 1. The minimum Gasteiger partial charge on any atom is -0.481 e. The van der Waals surface area contributed by atoms with E-state index in [4.69, 9.17) is 10.2 Å². The van der Waals surface area contributed by atoms with E-state index < -0.39 is 5.97 Å². The van der Waals surface area contributed by atoms with Crippen molar-refractivity contribution in [3.63, 3.8) is 0 Å². The summed E-state index contributed by atoms with van der Waals surface area (Å²) in [6, 6.07) is 2.81. The molecule has 1 aromatic rings. The van der Waals surface area contributed by atoms with Crippen LogP contribution in [0.1, 0.15) is 12.6 Å². The van der Waals surface area contributed by atoms with Crippen molar-refractivity contribution in [1.29, 1.82) is 0 Å². The minimum atomic E-state index is -0.954. The van der Waals surface area contributed by atoms with E-state index in [9.17, 15) is 9.59 Å². The van der Waals surface area contributed by atoms with E-state index in [1.165, 1.54) is 11.1 Å². The molecule has 7 heteroatoms. The number of carboxylic acid groups (broad SMARTS) is 1. The summed E-state index contributed by atoms with van der Waals surface area (Å²) in [4.78, 5) is 27.7. The summed E-state index contributed by atoms with van der Waals surface area (Å²) in [7, 11) is 0. The highest BCUT2D eigenvalue weighted by Crippen LogP contribution is 2.08. The molecule has 0 aliphatic rings. The Balaban J connectivity index is 2.61. The normalized spacial score (nSPS) is 10.0. The van der Waals surface area contributed by atoms with Crippen LogP contribution in [0.2, 0.25) is 0 Å². The Bertz CT molecular complexity index is 433. The van der Waals surface area contributed by atoms with Gasteiger partial charge in [0.15, 0.2) is 0 Å². The first-order chi connectivity index (χ1) is 9.06. The lowest BCUT2D eigenvalue weighted by molar-refractivity contribution is -0.136. The van der Waals surface area contributed by atoms with Gasteiger partial charge < -0.3 is 20.4 Å². The lowest BCUT2D eigenvalue weighted by atomic mass is 10.2. The van der Waals surface area contributed by atoms with E-state index in [0.717, 1.165) is 0 Å². The van der Waals surface area contributed by atoms with Gasteiger partial charge in [0.25, 0.3) is 0 Å². The van der Waals surface area contributed by atoms with Crippen molar-refractivity contribution >= 4 is 17.7 Å². The zero-order valence-electron chi connectivity index (χ0n) is 10.7. The maximum Gasteiger partial charge on any atom is 0.321 e. The van der Waals surface area contributed by atoms with Crippen molar-refractivity contribution in [2.24, 2.45) is 0 Å². The summed E-state index contributed by atoms with van der Waals surface area (Å²) in [6.07, 6.45) is 1.25. The molecule has 0 aromatic carbocycles. The Labute approximate surface area is 110 Å². The maximum absolute atomic E-state index is 11.8. The molecular weight excluding hydrogens is 250 g/mol. The fourth-order valence-corrected chi connectivity index (χ4v) is 1.48. The van der Waals surface area contributed by atoms with Crippen LogP contribution in [0, 0.1) is 0 Å². The second-order valence-electron chi connectivity index (χ2n) is 3.84. The number of aliphatic hydroxyl groups excluding tert-OH is 1. The Hall–Kier alpha value is -2.15. The smallest absolute Gasteiger partial charge is 0.321 e. The van der Waals surface area contributed by atoms with Gasteiger partial charge >= 0.3 is 12.0 Å². The van der Waals surface area contributed by atoms with E-state index in [1.807, 2.05) is 6.92 Å². The number of hydrogen-bond acceptors (Lipinski definition) is 4. The molecule has 1 aromatic heterocycles. The molecule has 3 N–H and O–H groups in total. The third-order valence-corrected chi connectivity index (χ3v) is 2.45. The van der Waals surface area contributed by atoms with Crippen LogP contribution in [0.4, 0.5) is 10.5 Å². The summed E-state index contributed by atoms with van der Waals surface area (Å²) in [5.74, 6) is -0.954. The zero-order valence-corrected chi connectivity index (χ0v) is 10.7. The molecule has 0 bridgehead atoms. The molecule has 0 fully saturated rings. The van der Waals surface area contributed by atoms with Gasteiger partial charge in [0, 0.05) is 13.1 Å². The summed E-state index contributed by atoms with van der Waals surface area (Å²) in [5.41, 5.74) is 0.906. The standard InChI is InChI=1S/C12H17N3O4/c1-2-15(5-6-16)12(19)14-10-4-3-9(13-8-10)7-11(17)18/h3-4,8,16H,2,5-7H2,1H3,(H,14,19)(H,17,18). The van der Waals surface area contributed by atoms with Gasteiger partial charge in [-0.1, -0.05) is 0 Å². The number of carbonyl (C=O) groups excluding carboxylic acids is 1. The second-order valence-corrected chi connectivity index (χ2v) is 3.84. The van der Waals surface area contributed by atoms with Gasteiger partial charge in [0.2, 0.25) is 0 Å². The number of nitrogens with zero attached hydrogens (tertiary/aromatic N) is 2. The van der Waals surface area contributed by atoms with Gasteiger partial charge in [-0.25, -0.2) is 4.79 Å². The molecule has 104 valence electrons. The summed E-state index contributed by atoms with van der Waals surface area (Å²) in [5, 5.41) is 20.0. The SMILES string of the molecule is CCN(CCO)C(=O)Nc1ccc(CC(=O)O)nc1. The number of nitrogens with one attached hydrogen (secondary N) is 1. The number of hydrogen-bond donors (Lipinski definition) is 3. The van der Waals surface area contributed by atoms with Crippen molar-refractivity contribution < 1.29 is 19.8 Å². The third kappa shape index (κ3) is 4.92. The van der Waals surface area contributed by atoms with Crippen molar-refractivity contribution in [3.8, 4) is 0 Å². The second kappa shape index (κ2) is 7.32. The Morgan fingerprint density at radius 2 is 2.16 bits per heavy atom. The van der Waals surface area contributed by atoms with E-state index in [2.05, 4.69) is 10.3 Å². The van der Waals surface area contributed by atoms with Gasteiger partial charge in [-0.3, -0.25) is 9.78 Å². The lowest BCUT2D eigenvalue weighted by Gasteiger charge is -2.20. The predicted molar refractivity (Wildman–Crippen MR) is 68.9 cm³/mol. The highest BCUT2D eigenvalue weighted by atomic mass is 16.4. The van der Waals surface area contributed by atoms with Crippen LogP contribution in [-0.4, -0.2) is 51.8 Å². The molecule has 0 unspecified atom stereocenters.